The monoisotopic (exact) mass is 599 g/mol. The van der Waals surface area contributed by atoms with Gasteiger partial charge < -0.3 is 15.0 Å². The number of hydrogen-bond donors (Lipinski definition) is 2. The SMILES string of the molecule is CN(C(=O)[C@H](Cc1cc(F)cc(F)c1)NC(=O)NS(=O)(=O)N1CCc2cccnc21)c1ccc(OC(F)(F)F)cc1. The summed E-state index contributed by atoms with van der Waals surface area (Å²) in [5.41, 5.74) is 0.686. The number of aromatic nitrogens is 1. The van der Waals surface area contributed by atoms with Crippen molar-refractivity contribution in [2.45, 2.75) is 25.2 Å². The van der Waals surface area contributed by atoms with Gasteiger partial charge in [0.15, 0.2) is 0 Å². The van der Waals surface area contributed by atoms with E-state index in [1.165, 1.54) is 13.2 Å². The van der Waals surface area contributed by atoms with Gasteiger partial charge in [0, 0.05) is 38.0 Å². The summed E-state index contributed by atoms with van der Waals surface area (Å²) in [6.45, 7) is 0.0106. The normalized spacial score (nSPS) is 13.8. The highest BCUT2D eigenvalue weighted by Gasteiger charge is 2.34. The first kappa shape index (κ1) is 29.5. The molecule has 218 valence electrons. The van der Waals surface area contributed by atoms with Crippen LogP contribution >= 0.6 is 0 Å². The van der Waals surface area contributed by atoms with Crippen LogP contribution in [-0.4, -0.2) is 51.3 Å². The van der Waals surface area contributed by atoms with Gasteiger partial charge in [-0.2, -0.15) is 8.42 Å². The average molecular weight is 600 g/mol. The maximum Gasteiger partial charge on any atom is 0.573 e. The van der Waals surface area contributed by atoms with Gasteiger partial charge in [0.2, 0.25) is 5.91 Å². The first-order valence-electron chi connectivity index (χ1n) is 11.8. The molecule has 1 aliphatic heterocycles. The van der Waals surface area contributed by atoms with Gasteiger partial charge in [0.1, 0.15) is 29.2 Å². The standard InChI is InChI=1S/C25H22F5N5O5S/c1-34(19-4-6-20(7-5-19)40-25(28,29)30)23(36)21(13-15-11-17(26)14-18(27)12-15)32-24(37)33-41(38,39)35-10-8-16-3-2-9-31-22(16)35/h2-7,9,11-12,14,21H,8,10,13H2,1H3,(H2,32,33,37)/t21-/m0/s1. The Balaban J connectivity index is 1.54. The van der Waals surface area contributed by atoms with Gasteiger partial charge in [-0.05, 0) is 60.0 Å². The molecular formula is C25H22F5N5O5S. The molecule has 10 nitrogen and oxygen atoms in total. The summed E-state index contributed by atoms with van der Waals surface area (Å²) in [5, 5.41) is 2.22. The summed E-state index contributed by atoms with van der Waals surface area (Å²) >= 11 is 0. The predicted octanol–water partition coefficient (Wildman–Crippen LogP) is 3.44. The van der Waals surface area contributed by atoms with Gasteiger partial charge in [-0.15, -0.1) is 13.2 Å². The lowest BCUT2D eigenvalue weighted by Crippen LogP contribution is -2.54. The van der Waals surface area contributed by atoms with Crippen molar-refractivity contribution in [2.75, 3.05) is 22.8 Å². The molecule has 1 aliphatic rings. The number of fused-ring (bicyclic) bond motifs is 1. The minimum absolute atomic E-state index is 0.0106. The van der Waals surface area contributed by atoms with Gasteiger partial charge >= 0.3 is 22.6 Å². The van der Waals surface area contributed by atoms with E-state index < -0.39 is 58.4 Å². The highest BCUT2D eigenvalue weighted by Crippen LogP contribution is 2.27. The zero-order valence-electron chi connectivity index (χ0n) is 21.2. The third-order valence-electron chi connectivity index (χ3n) is 5.95. The second-order valence-corrected chi connectivity index (χ2v) is 10.5. The number of pyridine rings is 1. The Morgan fingerprint density at radius 2 is 1.76 bits per heavy atom. The molecule has 0 saturated carbocycles. The fourth-order valence-corrected chi connectivity index (χ4v) is 5.30. The molecule has 0 spiro atoms. The van der Waals surface area contributed by atoms with Crippen molar-refractivity contribution in [1.82, 2.24) is 15.0 Å². The molecule has 0 bridgehead atoms. The maximum atomic E-state index is 13.8. The summed E-state index contributed by atoms with van der Waals surface area (Å²) in [6, 6.07) is 7.09. The summed E-state index contributed by atoms with van der Waals surface area (Å²) < 4.78 is 97.4. The minimum atomic E-state index is -4.93. The number of benzene rings is 2. The Hall–Kier alpha value is -4.47. The maximum absolute atomic E-state index is 13.8. The summed E-state index contributed by atoms with van der Waals surface area (Å²) in [7, 11) is -3.22. The molecule has 3 aromatic rings. The van der Waals surface area contributed by atoms with Gasteiger partial charge in [-0.3, -0.25) is 4.79 Å². The predicted molar refractivity (Wildman–Crippen MR) is 136 cm³/mol. The molecule has 1 aromatic heterocycles. The number of carbonyl (C=O) groups excluding carboxylic acids is 2. The van der Waals surface area contributed by atoms with E-state index in [9.17, 15) is 40.0 Å². The number of nitrogens with one attached hydrogen (secondary N) is 2. The number of hydrogen-bond acceptors (Lipinski definition) is 6. The zero-order valence-corrected chi connectivity index (χ0v) is 22.0. The molecule has 16 heteroatoms. The number of likely N-dealkylation sites (N-methyl/N-ethyl adjacent to an activating group) is 1. The quantitative estimate of drug-likeness (QED) is 0.383. The van der Waals surface area contributed by atoms with E-state index in [1.807, 2.05) is 4.72 Å². The first-order valence-corrected chi connectivity index (χ1v) is 13.3. The first-order chi connectivity index (χ1) is 19.2. The lowest BCUT2D eigenvalue weighted by atomic mass is 10.0. The Labute approximate surface area is 230 Å². The Morgan fingerprint density at radius 3 is 2.39 bits per heavy atom. The third kappa shape index (κ3) is 7.39. The van der Waals surface area contributed by atoms with Crippen LogP contribution in [0.4, 0.5) is 38.3 Å². The Morgan fingerprint density at radius 1 is 1.10 bits per heavy atom. The van der Waals surface area contributed by atoms with Gasteiger partial charge in [0.05, 0.1) is 0 Å². The van der Waals surface area contributed by atoms with Crippen LogP contribution in [0, 0.1) is 11.6 Å². The van der Waals surface area contributed by atoms with Crippen molar-refractivity contribution in [2.24, 2.45) is 0 Å². The molecule has 2 N–H and O–H groups in total. The minimum Gasteiger partial charge on any atom is -0.406 e. The fourth-order valence-electron chi connectivity index (χ4n) is 4.17. The second-order valence-electron chi connectivity index (χ2n) is 8.86. The van der Waals surface area contributed by atoms with Crippen LogP contribution in [0.1, 0.15) is 11.1 Å². The second kappa shape index (κ2) is 11.6. The Kier molecular flexibility index (Phi) is 8.32. The fraction of sp³-hybridized carbons (Fsp3) is 0.240. The lowest BCUT2D eigenvalue weighted by molar-refractivity contribution is -0.274. The summed E-state index contributed by atoms with van der Waals surface area (Å²) in [6.07, 6.45) is -3.65. The topological polar surface area (TPSA) is 121 Å². The molecule has 3 amide bonds. The number of nitrogens with zero attached hydrogens (tertiary/aromatic N) is 3. The molecule has 4 rings (SSSR count). The number of alkyl halides is 3. The molecular weight excluding hydrogens is 577 g/mol. The summed E-state index contributed by atoms with van der Waals surface area (Å²) in [5.74, 6) is -3.19. The van der Waals surface area contributed by atoms with Crippen LogP contribution in [0.2, 0.25) is 0 Å². The number of halogens is 5. The highest BCUT2D eigenvalue weighted by molar-refractivity contribution is 7.91. The van der Waals surface area contributed by atoms with E-state index >= 15 is 0 Å². The third-order valence-corrected chi connectivity index (χ3v) is 7.33. The van der Waals surface area contributed by atoms with Crippen molar-refractivity contribution in [3.05, 3.63) is 83.6 Å². The molecule has 1 atom stereocenters. The molecule has 41 heavy (non-hydrogen) atoms. The van der Waals surface area contributed by atoms with Crippen molar-refractivity contribution in [3.8, 4) is 5.75 Å². The van der Waals surface area contributed by atoms with Crippen molar-refractivity contribution in [3.63, 3.8) is 0 Å². The number of carbonyl (C=O) groups is 2. The molecule has 2 heterocycles. The smallest absolute Gasteiger partial charge is 0.406 e. The van der Waals surface area contributed by atoms with E-state index in [2.05, 4.69) is 15.0 Å². The molecule has 0 aliphatic carbocycles. The average Bonchev–Trinajstić information content (AvgIpc) is 3.31. The van der Waals surface area contributed by atoms with Crippen molar-refractivity contribution in [1.29, 1.82) is 0 Å². The van der Waals surface area contributed by atoms with Crippen LogP contribution in [0.25, 0.3) is 0 Å². The number of ether oxygens (including phenoxy) is 1. The van der Waals surface area contributed by atoms with Crippen LogP contribution in [-0.2, 0) is 27.8 Å². The largest absolute Gasteiger partial charge is 0.573 e. The van der Waals surface area contributed by atoms with E-state index in [-0.39, 0.29) is 23.6 Å². The van der Waals surface area contributed by atoms with Gasteiger partial charge in [-0.1, -0.05) is 6.07 Å². The van der Waals surface area contributed by atoms with E-state index in [0.717, 1.165) is 45.6 Å². The molecule has 0 unspecified atom stereocenters. The molecule has 0 fully saturated rings. The zero-order chi connectivity index (χ0) is 29.9. The molecule has 0 saturated heterocycles. The van der Waals surface area contributed by atoms with Crippen LogP contribution in [0.5, 0.6) is 5.75 Å². The number of anilines is 2. The van der Waals surface area contributed by atoms with Gasteiger partial charge in [0.25, 0.3) is 0 Å². The van der Waals surface area contributed by atoms with Crippen molar-refractivity contribution < 1.29 is 44.7 Å². The molecule has 0 radical (unpaired) electrons. The number of amides is 3. The highest BCUT2D eigenvalue weighted by atomic mass is 32.2. The lowest BCUT2D eigenvalue weighted by Gasteiger charge is -2.26. The summed E-state index contributed by atoms with van der Waals surface area (Å²) in [4.78, 5) is 31.2. The van der Waals surface area contributed by atoms with Crippen molar-refractivity contribution >= 4 is 33.7 Å². The Bertz CT molecular complexity index is 1530. The molecule has 2 aromatic carbocycles. The van der Waals surface area contributed by atoms with E-state index in [4.69, 9.17) is 0 Å². The van der Waals surface area contributed by atoms with Crippen LogP contribution < -0.4 is 24.0 Å². The van der Waals surface area contributed by atoms with E-state index in [0.29, 0.717) is 18.1 Å². The number of rotatable bonds is 8. The number of urea groups is 1. The van der Waals surface area contributed by atoms with Gasteiger partial charge in [-0.25, -0.2) is 27.6 Å². The van der Waals surface area contributed by atoms with E-state index in [1.54, 1.807) is 12.1 Å². The van der Waals surface area contributed by atoms with Crippen LogP contribution in [0.15, 0.2) is 60.8 Å². The van der Waals surface area contributed by atoms with Crippen LogP contribution in [0.3, 0.4) is 0 Å².